The molecule has 1 aromatic rings. The van der Waals surface area contributed by atoms with Crippen LogP contribution in [-0.4, -0.2) is 18.2 Å². The standard InChI is InChI=1S/C22H34O3/c1-8-21(7,19-13-11-18(6)12-14-19)24-16-15-22(9-2,10-3)25-20(23)17(4)5/h11-14H,4,8-10,15-16H2,1-3,5-7H3. The van der Waals surface area contributed by atoms with E-state index in [1.807, 2.05) is 13.8 Å². The summed E-state index contributed by atoms with van der Waals surface area (Å²) in [5, 5.41) is 0. The van der Waals surface area contributed by atoms with Crippen molar-refractivity contribution in [1.82, 2.24) is 0 Å². The number of carbonyl (C=O) groups is 1. The third-order valence-electron chi connectivity index (χ3n) is 5.26. The van der Waals surface area contributed by atoms with E-state index in [4.69, 9.17) is 9.47 Å². The molecule has 0 radical (unpaired) electrons. The van der Waals surface area contributed by atoms with E-state index in [0.29, 0.717) is 18.6 Å². The van der Waals surface area contributed by atoms with Crippen LogP contribution in [0.25, 0.3) is 0 Å². The molecule has 1 atom stereocenters. The van der Waals surface area contributed by atoms with Gasteiger partial charge in [-0.1, -0.05) is 57.2 Å². The SMILES string of the molecule is C=C(C)C(=O)OC(CC)(CC)CCOC(C)(CC)c1ccc(C)cc1. The van der Waals surface area contributed by atoms with Crippen LogP contribution in [0.2, 0.25) is 0 Å². The van der Waals surface area contributed by atoms with Gasteiger partial charge in [-0.25, -0.2) is 4.79 Å². The first kappa shape index (κ1) is 21.4. The molecule has 0 amide bonds. The highest BCUT2D eigenvalue weighted by Crippen LogP contribution is 2.32. The number of hydrogen-bond donors (Lipinski definition) is 0. The Hall–Kier alpha value is -1.61. The highest BCUT2D eigenvalue weighted by Gasteiger charge is 2.32. The van der Waals surface area contributed by atoms with Crippen molar-refractivity contribution in [2.45, 2.75) is 78.4 Å². The number of esters is 1. The van der Waals surface area contributed by atoms with Gasteiger partial charge >= 0.3 is 5.97 Å². The van der Waals surface area contributed by atoms with Gasteiger partial charge in [-0.15, -0.1) is 0 Å². The maximum atomic E-state index is 12.0. The van der Waals surface area contributed by atoms with Gasteiger partial charge in [0.15, 0.2) is 0 Å². The number of ether oxygens (including phenoxy) is 2. The lowest BCUT2D eigenvalue weighted by Crippen LogP contribution is -2.37. The van der Waals surface area contributed by atoms with Crippen molar-refractivity contribution in [3.8, 4) is 0 Å². The first-order valence-corrected chi connectivity index (χ1v) is 9.32. The zero-order valence-corrected chi connectivity index (χ0v) is 16.8. The molecule has 0 spiro atoms. The quantitative estimate of drug-likeness (QED) is 0.402. The molecule has 0 aromatic heterocycles. The summed E-state index contributed by atoms with van der Waals surface area (Å²) in [7, 11) is 0. The Morgan fingerprint density at radius 2 is 1.64 bits per heavy atom. The van der Waals surface area contributed by atoms with Gasteiger partial charge in [0, 0.05) is 12.0 Å². The smallest absolute Gasteiger partial charge is 0.333 e. The Balaban J connectivity index is 2.80. The summed E-state index contributed by atoms with van der Waals surface area (Å²) in [6.45, 7) is 16.3. The van der Waals surface area contributed by atoms with E-state index in [2.05, 4.69) is 51.6 Å². The molecule has 1 unspecified atom stereocenters. The monoisotopic (exact) mass is 346 g/mol. The Morgan fingerprint density at radius 1 is 1.08 bits per heavy atom. The summed E-state index contributed by atoms with van der Waals surface area (Å²) in [5.41, 5.74) is 2.03. The lowest BCUT2D eigenvalue weighted by Gasteiger charge is -2.35. The second kappa shape index (κ2) is 9.19. The lowest BCUT2D eigenvalue weighted by atomic mass is 9.91. The maximum Gasteiger partial charge on any atom is 0.333 e. The molecule has 0 aliphatic rings. The zero-order chi connectivity index (χ0) is 19.1. The van der Waals surface area contributed by atoms with Crippen LogP contribution in [0.4, 0.5) is 0 Å². The van der Waals surface area contributed by atoms with Gasteiger partial charge in [-0.3, -0.25) is 0 Å². The van der Waals surface area contributed by atoms with Crippen LogP contribution in [0.1, 0.15) is 71.4 Å². The largest absolute Gasteiger partial charge is 0.456 e. The Bertz CT molecular complexity index is 569. The van der Waals surface area contributed by atoms with Crippen LogP contribution < -0.4 is 0 Å². The summed E-state index contributed by atoms with van der Waals surface area (Å²) in [5.74, 6) is -0.319. The van der Waals surface area contributed by atoms with Crippen LogP contribution >= 0.6 is 0 Å². The molecule has 0 N–H and O–H groups in total. The molecule has 0 fully saturated rings. The lowest BCUT2D eigenvalue weighted by molar-refractivity contribution is -0.160. The van der Waals surface area contributed by atoms with Crippen molar-refractivity contribution in [2.24, 2.45) is 0 Å². The minimum atomic E-state index is -0.488. The highest BCUT2D eigenvalue weighted by molar-refractivity contribution is 5.87. The van der Waals surface area contributed by atoms with Gasteiger partial charge in [-0.05, 0) is 45.6 Å². The molecule has 1 rings (SSSR count). The third kappa shape index (κ3) is 5.71. The van der Waals surface area contributed by atoms with Gasteiger partial charge in [0.2, 0.25) is 0 Å². The predicted octanol–water partition coefficient (Wildman–Crippen LogP) is 5.71. The van der Waals surface area contributed by atoms with Gasteiger partial charge in [0.1, 0.15) is 5.60 Å². The van der Waals surface area contributed by atoms with Gasteiger partial charge in [0.25, 0.3) is 0 Å². The van der Waals surface area contributed by atoms with E-state index in [9.17, 15) is 4.79 Å². The Kier molecular flexibility index (Phi) is 7.88. The average Bonchev–Trinajstić information content (AvgIpc) is 2.60. The molecule has 0 aliphatic carbocycles. The van der Waals surface area contributed by atoms with E-state index in [-0.39, 0.29) is 11.6 Å². The molecule has 0 heterocycles. The van der Waals surface area contributed by atoms with Crippen LogP contribution in [0.5, 0.6) is 0 Å². The van der Waals surface area contributed by atoms with E-state index in [0.717, 1.165) is 19.3 Å². The molecule has 0 aliphatic heterocycles. The number of benzene rings is 1. The molecule has 0 bridgehead atoms. The summed E-state index contributed by atoms with van der Waals surface area (Å²) in [6.07, 6.45) is 3.09. The molecule has 3 nitrogen and oxygen atoms in total. The summed E-state index contributed by atoms with van der Waals surface area (Å²) >= 11 is 0. The minimum absolute atomic E-state index is 0.319. The molecule has 25 heavy (non-hydrogen) atoms. The topological polar surface area (TPSA) is 35.5 Å². The highest BCUT2D eigenvalue weighted by atomic mass is 16.6. The van der Waals surface area contributed by atoms with Crippen molar-refractivity contribution in [3.63, 3.8) is 0 Å². The van der Waals surface area contributed by atoms with Gasteiger partial charge < -0.3 is 9.47 Å². The first-order valence-electron chi connectivity index (χ1n) is 9.32. The molecule has 0 saturated heterocycles. The van der Waals surface area contributed by atoms with Crippen LogP contribution in [0, 0.1) is 6.92 Å². The van der Waals surface area contributed by atoms with E-state index >= 15 is 0 Å². The second-order valence-electron chi connectivity index (χ2n) is 7.11. The van der Waals surface area contributed by atoms with Crippen molar-refractivity contribution >= 4 is 5.97 Å². The molecule has 3 heteroatoms. The maximum absolute atomic E-state index is 12.0. The van der Waals surface area contributed by atoms with Crippen LogP contribution in [0.3, 0.4) is 0 Å². The fourth-order valence-electron chi connectivity index (χ4n) is 2.84. The van der Waals surface area contributed by atoms with E-state index in [1.54, 1.807) is 6.92 Å². The molecular formula is C22H34O3. The van der Waals surface area contributed by atoms with E-state index < -0.39 is 5.60 Å². The Labute approximate surface area is 153 Å². The minimum Gasteiger partial charge on any atom is -0.456 e. The average molecular weight is 347 g/mol. The van der Waals surface area contributed by atoms with Crippen molar-refractivity contribution < 1.29 is 14.3 Å². The van der Waals surface area contributed by atoms with Crippen molar-refractivity contribution in [1.29, 1.82) is 0 Å². The fourth-order valence-corrected chi connectivity index (χ4v) is 2.84. The third-order valence-corrected chi connectivity index (χ3v) is 5.26. The molecule has 0 saturated carbocycles. The predicted molar refractivity (Wildman–Crippen MR) is 104 cm³/mol. The van der Waals surface area contributed by atoms with Crippen molar-refractivity contribution in [3.05, 3.63) is 47.5 Å². The number of aryl methyl sites for hydroxylation is 1. The van der Waals surface area contributed by atoms with Crippen molar-refractivity contribution in [2.75, 3.05) is 6.61 Å². The number of hydrogen-bond acceptors (Lipinski definition) is 3. The van der Waals surface area contributed by atoms with Gasteiger partial charge in [0.05, 0.1) is 12.2 Å². The van der Waals surface area contributed by atoms with Crippen LogP contribution in [0.15, 0.2) is 36.4 Å². The molecular weight excluding hydrogens is 312 g/mol. The molecule has 1 aromatic carbocycles. The summed E-state index contributed by atoms with van der Waals surface area (Å²) < 4.78 is 12.0. The first-order chi connectivity index (χ1) is 11.7. The summed E-state index contributed by atoms with van der Waals surface area (Å²) in [4.78, 5) is 12.0. The summed E-state index contributed by atoms with van der Waals surface area (Å²) in [6, 6.07) is 8.49. The normalized spacial score (nSPS) is 14.0. The second-order valence-corrected chi connectivity index (χ2v) is 7.11. The zero-order valence-electron chi connectivity index (χ0n) is 16.8. The number of carbonyl (C=O) groups excluding carboxylic acids is 1. The molecule has 140 valence electrons. The van der Waals surface area contributed by atoms with E-state index in [1.165, 1.54) is 11.1 Å². The Morgan fingerprint density at radius 3 is 2.08 bits per heavy atom. The van der Waals surface area contributed by atoms with Crippen LogP contribution in [-0.2, 0) is 19.9 Å². The fraction of sp³-hybridized carbons (Fsp3) is 0.591. The number of rotatable bonds is 10. The van der Waals surface area contributed by atoms with Gasteiger partial charge in [-0.2, -0.15) is 0 Å².